The Labute approximate surface area is 143 Å². The molecule has 1 aliphatic heterocycles. The zero-order valence-corrected chi connectivity index (χ0v) is 14.5. The van der Waals surface area contributed by atoms with Crippen molar-refractivity contribution in [2.75, 3.05) is 13.1 Å². The van der Waals surface area contributed by atoms with Crippen LogP contribution in [0.3, 0.4) is 0 Å². The molecule has 2 heterocycles. The number of likely N-dealkylation sites (tertiary alicyclic amines) is 1. The number of nitrogens with one attached hydrogen (secondary N) is 1. The van der Waals surface area contributed by atoms with Gasteiger partial charge in [0, 0.05) is 23.5 Å². The summed E-state index contributed by atoms with van der Waals surface area (Å²) in [5.74, 6) is 0. The lowest BCUT2D eigenvalue weighted by atomic mass is 9.87. The van der Waals surface area contributed by atoms with E-state index in [0.717, 1.165) is 6.54 Å². The van der Waals surface area contributed by atoms with Gasteiger partial charge in [-0.25, -0.2) is 0 Å². The molecule has 1 atom stereocenters. The first-order chi connectivity index (χ1) is 11.4. The Balaban J connectivity index is 1.25. The van der Waals surface area contributed by atoms with E-state index in [1.807, 2.05) is 11.3 Å². The minimum Gasteiger partial charge on any atom is -0.311 e. The van der Waals surface area contributed by atoms with Crippen molar-refractivity contribution in [3.63, 3.8) is 0 Å². The Morgan fingerprint density at radius 3 is 2.57 bits per heavy atom. The maximum absolute atomic E-state index is 3.95. The first-order valence-corrected chi connectivity index (χ1v) is 9.82. The van der Waals surface area contributed by atoms with Crippen LogP contribution in [-0.4, -0.2) is 30.1 Å². The Morgan fingerprint density at radius 1 is 0.957 bits per heavy atom. The highest BCUT2D eigenvalue weighted by Gasteiger charge is 2.24. The summed E-state index contributed by atoms with van der Waals surface area (Å²) >= 11 is 1.88. The molecular weight excluding hydrogens is 300 g/mol. The summed E-state index contributed by atoms with van der Waals surface area (Å²) in [5.41, 5.74) is 3.13. The summed E-state index contributed by atoms with van der Waals surface area (Å²) in [6, 6.07) is 14.8. The molecular formula is C20H26N2S. The molecule has 2 aromatic rings. The van der Waals surface area contributed by atoms with Crippen molar-refractivity contribution in [1.29, 1.82) is 0 Å². The van der Waals surface area contributed by atoms with E-state index in [4.69, 9.17) is 0 Å². The van der Waals surface area contributed by atoms with Crippen LogP contribution in [0.2, 0.25) is 0 Å². The van der Waals surface area contributed by atoms with Gasteiger partial charge in [-0.05, 0) is 67.8 Å². The van der Waals surface area contributed by atoms with Crippen molar-refractivity contribution in [2.24, 2.45) is 0 Å². The minimum atomic E-state index is 0.679. The Hall–Kier alpha value is -1.16. The molecule has 1 fully saturated rings. The lowest BCUT2D eigenvalue weighted by molar-refractivity contribution is 0.183. The molecule has 1 N–H and O–H groups in total. The van der Waals surface area contributed by atoms with Crippen molar-refractivity contribution in [2.45, 2.75) is 50.7 Å². The average Bonchev–Trinajstić information content (AvgIpc) is 3.10. The molecule has 0 amide bonds. The number of hydrogen-bond donors (Lipinski definition) is 1. The van der Waals surface area contributed by atoms with Crippen LogP contribution in [0.25, 0.3) is 0 Å². The average molecular weight is 327 g/mol. The van der Waals surface area contributed by atoms with Gasteiger partial charge < -0.3 is 5.32 Å². The van der Waals surface area contributed by atoms with E-state index in [1.54, 1.807) is 11.1 Å². The summed E-state index contributed by atoms with van der Waals surface area (Å²) in [7, 11) is 0. The van der Waals surface area contributed by atoms with E-state index in [1.165, 1.54) is 50.1 Å². The van der Waals surface area contributed by atoms with Gasteiger partial charge in [0.1, 0.15) is 0 Å². The quantitative estimate of drug-likeness (QED) is 0.918. The third-order valence-corrected chi connectivity index (χ3v) is 6.23. The number of benzene rings is 1. The van der Waals surface area contributed by atoms with Crippen LogP contribution < -0.4 is 5.32 Å². The van der Waals surface area contributed by atoms with Crippen molar-refractivity contribution in [3.8, 4) is 0 Å². The third-order valence-electron chi connectivity index (χ3n) is 5.37. The first-order valence-electron chi connectivity index (χ1n) is 8.94. The number of piperidine rings is 1. The van der Waals surface area contributed by atoms with Crippen LogP contribution in [-0.2, 0) is 19.4 Å². The number of aryl methyl sites for hydroxylation is 1. The highest BCUT2D eigenvalue weighted by atomic mass is 32.1. The van der Waals surface area contributed by atoms with Gasteiger partial charge in [-0.1, -0.05) is 30.3 Å². The van der Waals surface area contributed by atoms with Crippen LogP contribution in [0.4, 0.5) is 0 Å². The van der Waals surface area contributed by atoms with E-state index in [-0.39, 0.29) is 0 Å². The number of fused-ring (bicyclic) bond motifs is 1. The van der Waals surface area contributed by atoms with Crippen LogP contribution in [0.15, 0.2) is 41.8 Å². The van der Waals surface area contributed by atoms with Crippen LogP contribution in [0.1, 0.15) is 35.3 Å². The van der Waals surface area contributed by atoms with E-state index >= 15 is 0 Å². The zero-order valence-electron chi connectivity index (χ0n) is 13.7. The van der Waals surface area contributed by atoms with E-state index < -0.39 is 0 Å². The van der Waals surface area contributed by atoms with Crippen molar-refractivity contribution < 1.29 is 0 Å². The van der Waals surface area contributed by atoms with Crippen molar-refractivity contribution in [1.82, 2.24) is 10.2 Å². The molecule has 0 spiro atoms. The molecule has 4 rings (SSSR count). The van der Waals surface area contributed by atoms with Crippen LogP contribution in [0.5, 0.6) is 0 Å². The minimum absolute atomic E-state index is 0.679. The number of nitrogens with zero attached hydrogens (tertiary/aromatic N) is 1. The smallest absolute Gasteiger partial charge is 0.0327 e. The maximum atomic E-state index is 3.95. The van der Waals surface area contributed by atoms with Crippen LogP contribution in [0, 0.1) is 0 Å². The highest BCUT2D eigenvalue weighted by molar-refractivity contribution is 7.09. The van der Waals surface area contributed by atoms with Crippen molar-refractivity contribution >= 4 is 11.3 Å². The van der Waals surface area contributed by atoms with Gasteiger partial charge in [-0.15, -0.1) is 11.3 Å². The van der Waals surface area contributed by atoms with Crippen LogP contribution >= 0.6 is 11.3 Å². The number of thiophene rings is 1. The summed E-state index contributed by atoms with van der Waals surface area (Å²) in [6.07, 6.45) is 6.34. The molecule has 0 bridgehead atoms. The van der Waals surface area contributed by atoms with Gasteiger partial charge in [0.15, 0.2) is 0 Å². The summed E-state index contributed by atoms with van der Waals surface area (Å²) < 4.78 is 0. The topological polar surface area (TPSA) is 15.3 Å². The molecule has 0 radical (unpaired) electrons. The third kappa shape index (κ3) is 3.85. The molecule has 1 saturated heterocycles. The molecule has 23 heavy (non-hydrogen) atoms. The van der Waals surface area contributed by atoms with E-state index in [0.29, 0.717) is 12.1 Å². The molecule has 1 aromatic heterocycles. The predicted octanol–water partition coefficient (Wildman–Crippen LogP) is 3.86. The predicted molar refractivity (Wildman–Crippen MR) is 98.0 cm³/mol. The standard InChI is InChI=1S/C20H26N2S/c1-2-5-17-14-19(8-7-16(17)4-1)21-18-9-11-22(12-10-18)15-20-6-3-13-23-20/h1-6,13,18-19,21H,7-12,14-15H2. The second-order valence-corrected chi connectivity index (χ2v) is 8.04. The molecule has 2 nitrogen and oxygen atoms in total. The highest BCUT2D eigenvalue weighted by Crippen LogP contribution is 2.23. The van der Waals surface area contributed by atoms with E-state index in [2.05, 4.69) is 52.0 Å². The zero-order chi connectivity index (χ0) is 15.5. The van der Waals surface area contributed by atoms with Gasteiger partial charge in [0.05, 0.1) is 0 Å². The largest absolute Gasteiger partial charge is 0.311 e. The second kappa shape index (κ2) is 7.16. The normalized spacial score (nSPS) is 22.9. The lowest BCUT2D eigenvalue weighted by Gasteiger charge is -2.35. The summed E-state index contributed by atoms with van der Waals surface area (Å²) in [4.78, 5) is 4.11. The monoisotopic (exact) mass is 326 g/mol. The fourth-order valence-corrected chi connectivity index (χ4v) is 4.80. The van der Waals surface area contributed by atoms with Gasteiger partial charge in [0.2, 0.25) is 0 Å². The molecule has 1 aliphatic carbocycles. The van der Waals surface area contributed by atoms with Gasteiger partial charge in [-0.2, -0.15) is 0 Å². The molecule has 1 unspecified atom stereocenters. The first kappa shape index (κ1) is 15.4. The lowest BCUT2D eigenvalue weighted by Crippen LogP contribution is -2.47. The fourth-order valence-electron chi connectivity index (χ4n) is 4.05. The van der Waals surface area contributed by atoms with Gasteiger partial charge in [0.25, 0.3) is 0 Å². The molecule has 122 valence electrons. The molecule has 0 saturated carbocycles. The van der Waals surface area contributed by atoms with E-state index in [9.17, 15) is 0 Å². The van der Waals surface area contributed by atoms with Gasteiger partial charge in [-0.3, -0.25) is 4.90 Å². The Morgan fingerprint density at radius 2 is 1.78 bits per heavy atom. The molecule has 3 heteroatoms. The SMILES string of the molecule is c1csc(CN2CCC(NC3CCc4ccccc4C3)CC2)c1. The van der Waals surface area contributed by atoms with Gasteiger partial charge >= 0.3 is 0 Å². The number of rotatable bonds is 4. The Kier molecular flexibility index (Phi) is 4.79. The second-order valence-electron chi connectivity index (χ2n) is 7.00. The summed E-state index contributed by atoms with van der Waals surface area (Å²) in [5, 5.41) is 6.14. The molecule has 2 aliphatic rings. The fraction of sp³-hybridized carbons (Fsp3) is 0.500. The summed E-state index contributed by atoms with van der Waals surface area (Å²) in [6.45, 7) is 3.61. The van der Waals surface area contributed by atoms with Crippen molar-refractivity contribution in [3.05, 3.63) is 57.8 Å². The maximum Gasteiger partial charge on any atom is 0.0327 e. The Bertz CT molecular complexity index is 614. The molecule has 1 aromatic carbocycles. The number of hydrogen-bond acceptors (Lipinski definition) is 3.